The topological polar surface area (TPSA) is 55.4 Å². The number of likely N-dealkylation sites (N-methyl/N-ethyl adjacent to an activating group) is 1. The molecule has 0 radical (unpaired) electrons. The van der Waals surface area contributed by atoms with Gasteiger partial charge in [-0.1, -0.05) is 42.5 Å². The van der Waals surface area contributed by atoms with Crippen LogP contribution in [0.1, 0.15) is 22.6 Å². The van der Waals surface area contributed by atoms with Crippen molar-refractivity contribution in [2.45, 2.75) is 18.1 Å². The third kappa shape index (κ3) is 3.45. The lowest BCUT2D eigenvalue weighted by Gasteiger charge is -2.20. The Kier molecular flexibility index (Phi) is 5.38. The number of alkyl halides is 3. The Balaban J connectivity index is 2.20. The van der Waals surface area contributed by atoms with Crippen molar-refractivity contribution in [1.82, 2.24) is 5.32 Å². The molecule has 0 bridgehead atoms. The molecule has 3 rings (SSSR count). The van der Waals surface area contributed by atoms with Crippen molar-refractivity contribution in [2.75, 3.05) is 14.2 Å². The zero-order valence-corrected chi connectivity index (χ0v) is 15.2. The SMILES string of the molecule is CNC1C(C(=O)OC)=C(c2cccc(C(F)(F)F)c2)C(=O)C1c1ccccc1. The van der Waals surface area contributed by atoms with Gasteiger partial charge in [-0.2, -0.15) is 13.2 Å². The molecule has 0 fully saturated rings. The molecule has 2 aromatic carbocycles. The number of nitrogens with one attached hydrogen (secondary N) is 1. The number of hydrogen-bond donors (Lipinski definition) is 1. The number of ether oxygens (including phenoxy) is 1. The fraction of sp³-hybridized carbons (Fsp3) is 0.238. The normalized spacial score (nSPS) is 19.8. The van der Waals surface area contributed by atoms with Crippen molar-refractivity contribution in [3.05, 3.63) is 76.9 Å². The highest BCUT2D eigenvalue weighted by atomic mass is 19.4. The minimum absolute atomic E-state index is 0.0307. The van der Waals surface area contributed by atoms with Gasteiger partial charge in [0.2, 0.25) is 0 Å². The van der Waals surface area contributed by atoms with E-state index in [1.807, 2.05) is 0 Å². The molecular weight excluding hydrogens is 371 g/mol. The number of rotatable bonds is 4. The van der Waals surface area contributed by atoms with Crippen molar-refractivity contribution in [1.29, 1.82) is 0 Å². The third-order valence-electron chi connectivity index (χ3n) is 4.80. The lowest BCUT2D eigenvalue weighted by molar-refractivity contribution is -0.138. The van der Waals surface area contributed by atoms with E-state index in [1.165, 1.54) is 19.2 Å². The fourth-order valence-corrected chi connectivity index (χ4v) is 3.56. The maximum absolute atomic E-state index is 13.3. The molecule has 2 unspecified atom stereocenters. The monoisotopic (exact) mass is 389 g/mol. The highest BCUT2D eigenvalue weighted by Crippen LogP contribution is 2.42. The summed E-state index contributed by atoms with van der Waals surface area (Å²) in [5, 5.41) is 2.95. The van der Waals surface area contributed by atoms with Gasteiger partial charge in [0.05, 0.1) is 30.2 Å². The number of benzene rings is 2. The van der Waals surface area contributed by atoms with Crippen LogP contribution in [0.25, 0.3) is 5.57 Å². The van der Waals surface area contributed by atoms with Crippen LogP contribution in [0.5, 0.6) is 0 Å². The molecule has 0 aliphatic heterocycles. The molecule has 0 spiro atoms. The quantitative estimate of drug-likeness (QED) is 0.812. The van der Waals surface area contributed by atoms with Gasteiger partial charge in [-0.25, -0.2) is 4.79 Å². The zero-order valence-electron chi connectivity index (χ0n) is 15.2. The smallest absolute Gasteiger partial charge is 0.416 e. The van der Waals surface area contributed by atoms with Gasteiger partial charge >= 0.3 is 12.1 Å². The van der Waals surface area contributed by atoms with Crippen LogP contribution in [0.3, 0.4) is 0 Å². The van der Waals surface area contributed by atoms with Gasteiger partial charge < -0.3 is 10.1 Å². The number of Topliss-reactive ketones (excluding diaryl/α,β-unsaturated/α-hetero) is 1. The summed E-state index contributed by atoms with van der Waals surface area (Å²) in [5.41, 5.74) is -0.206. The second-order valence-electron chi connectivity index (χ2n) is 6.38. The van der Waals surface area contributed by atoms with Crippen LogP contribution in [0.4, 0.5) is 13.2 Å². The molecular formula is C21H18F3NO3. The van der Waals surface area contributed by atoms with E-state index in [-0.39, 0.29) is 16.7 Å². The maximum atomic E-state index is 13.3. The molecule has 7 heteroatoms. The van der Waals surface area contributed by atoms with Crippen LogP contribution in [-0.4, -0.2) is 32.0 Å². The van der Waals surface area contributed by atoms with E-state index >= 15 is 0 Å². The van der Waals surface area contributed by atoms with Crippen LogP contribution < -0.4 is 5.32 Å². The number of esters is 1. The first-order valence-electron chi connectivity index (χ1n) is 8.56. The first kappa shape index (κ1) is 19.8. The second kappa shape index (κ2) is 7.59. The number of hydrogen-bond acceptors (Lipinski definition) is 4. The number of methoxy groups -OCH3 is 1. The molecule has 2 aromatic rings. The summed E-state index contributed by atoms with van der Waals surface area (Å²) in [6.45, 7) is 0. The van der Waals surface area contributed by atoms with Crippen molar-refractivity contribution in [3.63, 3.8) is 0 Å². The molecule has 146 valence electrons. The van der Waals surface area contributed by atoms with E-state index in [9.17, 15) is 22.8 Å². The minimum atomic E-state index is -4.56. The van der Waals surface area contributed by atoms with Gasteiger partial charge in [-0.15, -0.1) is 0 Å². The van der Waals surface area contributed by atoms with E-state index < -0.39 is 35.5 Å². The predicted molar refractivity (Wildman–Crippen MR) is 97.4 cm³/mol. The highest BCUT2D eigenvalue weighted by molar-refractivity contribution is 6.32. The van der Waals surface area contributed by atoms with Crippen LogP contribution in [0.2, 0.25) is 0 Å². The summed E-state index contributed by atoms with van der Waals surface area (Å²) in [5.74, 6) is -1.92. The molecule has 0 saturated carbocycles. The minimum Gasteiger partial charge on any atom is -0.466 e. The Morgan fingerprint density at radius 1 is 1.07 bits per heavy atom. The van der Waals surface area contributed by atoms with E-state index in [0.717, 1.165) is 12.1 Å². The lowest BCUT2D eigenvalue weighted by atomic mass is 9.89. The van der Waals surface area contributed by atoms with Gasteiger partial charge in [0, 0.05) is 5.57 Å². The largest absolute Gasteiger partial charge is 0.466 e. The zero-order chi connectivity index (χ0) is 20.5. The molecule has 4 nitrogen and oxygen atoms in total. The van der Waals surface area contributed by atoms with Crippen LogP contribution in [0, 0.1) is 0 Å². The summed E-state index contributed by atoms with van der Waals surface area (Å²) in [7, 11) is 2.76. The molecule has 1 N–H and O–H groups in total. The molecule has 2 atom stereocenters. The van der Waals surface area contributed by atoms with Crippen LogP contribution in [0.15, 0.2) is 60.2 Å². The predicted octanol–water partition coefficient (Wildman–Crippen LogP) is 3.59. The second-order valence-corrected chi connectivity index (χ2v) is 6.38. The van der Waals surface area contributed by atoms with Crippen molar-refractivity contribution >= 4 is 17.3 Å². The summed E-state index contributed by atoms with van der Waals surface area (Å²) in [6.07, 6.45) is -4.56. The number of halogens is 3. The Labute approximate surface area is 160 Å². The Morgan fingerprint density at radius 2 is 1.75 bits per heavy atom. The van der Waals surface area contributed by atoms with Gasteiger partial charge in [-0.05, 0) is 30.3 Å². The standard InChI is InChI=1S/C21H18F3NO3/c1-25-18-16(12-7-4-3-5-8-12)19(26)15(17(18)20(27)28-2)13-9-6-10-14(11-13)21(22,23)24/h3-11,16,18,25H,1-2H3. The summed E-state index contributed by atoms with van der Waals surface area (Å²) in [4.78, 5) is 25.8. The number of allylic oxidation sites excluding steroid dienone is 1. The van der Waals surface area contributed by atoms with Gasteiger partial charge in [0.15, 0.2) is 5.78 Å². The van der Waals surface area contributed by atoms with Gasteiger partial charge in [0.25, 0.3) is 0 Å². The molecule has 1 aliphatic carbocycles. The highest BCUT2D eigenvalue weighted by Gasteiger charge is 2.46. The third-order valence-corrected chi connectivity index (χ3v) is 4.80. The first-order chi connectivity index (χ1) is 13.3. The Bertz CT molecular complexity index is 935. The van der Waals surface area contributed by atoms with Gasteiger partial charge in [-0.3, -0.25) is 4.79 Å². The Hall–Kier alpha value is -2.93. The van der Waals surface area contributed by atoms with E-state index in [0.29, 0.717) is 5.56 Å². The van der Waals surface area contributed by atoms with Crippen molar-refractivity contribution < 1.29 is 27.5 Å². The van der Waals surface area contributed by atoms with Crippen LogP contribution >= 0.6 is 0 Å². The van der Waals surface area contributed by atoms with Crippen molar-refractivity contribution in [2.24, 2.45) is 0 Å². The summed E-state index contributed by atoms with van der Waals surface area (Å²) in [6, 6.07) is 12.5. The molecule has 0 aromatic heterocycles. The average molecular weight is 389 g/mol. The number of carbonyl (C=O) groups is 2. The maximum Gasteiger partial charge on any atom is 0.416 e. The summed E-state index contributed by atoms with van der Waals surface area (Å²) >= 11 is 0. The average Bonchev–Trinajstić information content (AvgIpc) is 2.99. The molecule has 0 amide bonds. The molecule has 0 saturated heterocycles. The Morgan fingerprint density at radius 3 is 2.32 bits per heavy atom. The molecule has 0 heterocycles. The molecule has 28 heavy (non-hydrogen) atoms. The molecule has 1 aliphatic rings. The number of ketones is 1. The van der Waals surface area contributed by atoms with Crippen LogP contribution in [-0.2, 0) is 20.5 Å². The number of carbonyl (C=O) groups excluding carboxylic acids is 2. The lowest BCUT2D eigenvalue weighted by Crippen LogP contribution is -2.35. The first-order valence-corrected chi connectivity index (χ1v) is 8.56. The van der Waals surface area contributed by atoms with E-state index in [4.69, 9.17) is 4.74 Å². The van der Waals surface area contributed by atoms with E-state index in [1.54, 1.807) is 37.4 Å². The van der Waals surface area contributed by atoms with Gasteiger partial charge in [0.1, 0.15) is 0 Å². The fourth-order valence-electron chi connectivity index (χ4n) is 3.56. The van der Waals surface area contributed by atoms with Crippen molar-refractivity contribution in [3.8, 4) is 0 Å². The van der Waals surface area contributed by atoms with E-state index in [2.05, 4.69) is 5.32 Å². The summed E-state index contributed by atoms with van der Waals surface area (Å²) < 4.78 is 44.3.